The molecule has 1 atom stereocenters. The summed E-state index contributed by atoms with van der Waals surface area (Å²) < 4.78 is 7.02. The maximum absolute atomic E-state index is 13.6. The first-order valence-corrected chi connectivity index (χ1v) is 13.7. The quantitative estimate of drug-likeness (QED) is 0.385. The van der Waals surface area contributed by atoms with E-state index in [1.807, 2.05) is 16.2 Å². The lowest BCUT2D eigenvalue weighted by molar-refractivity contribution is -0.140. The van der Waals surface area contributed by atoms with Gasteiger partial charge < -0.3 is 19.5 Å². The second-order valence-electron chi connectivity index (χ2n) is 8.66. The van der Waals surface area contributed by atoms with E-state index in [-0.39, 0.29) is 31.0 Å². The van der Waals surface area contributed by atoms with E-state index in [0.29, 0.717) is 6.54 Å². The lowest BCUT2D eigenvalue weighted by Crippen LogP contribution is -2.42. The van der Waals surface area contributed by atoms with Gasteiger partial charge in [-0.2, -0.15) is 0 Å². The summed E-state index contributed by atoms with van der Waals surface area (Å²) in [7, 11) is 1.36. The number of thioether (sulfide) groups is 1. The molecule has 2 aliphatic rings. The summed E-state index contributed by atoms with van der Waals surface area (Å²) >= 11 is 3.59. The van der Waals surface area contributed by atoms with Crippen molar-refractivity contribution in [2.24, 2.45) is 0 Å². The molecule has 3 heterocycles. The Kier molecular flexibility index (Phi) is 6.70. The molecule has 8 heteroatoms. The number of amides is 2. The number of methoxy groups -OCH3 is 1. The number of benzene rings is 1. The van der Waals surface area contributed by atoms with E-state index in [4.69, 9.17) is 4.74 Å². The molecule has 2 aromatic heterocycles. The van der Waals surface area contributed by atoms with Gasteiger partial charge in [0.1, 0.15) is 5.00 Å². The molecular formula is C26H29N3O3S2. The lowest BCUT2D eigenvalue weighted by atomic mass is 9.95. The van der Waals surface area contributed by atoms with E-state index < -0.39 is 0 Å². The molecule has 0 radical (unpaired) electrons. The summed E-state index contributed by atoms with van der Waals surface area (Å²) in [4.78, 5) is 29.8. The number of thiophene rings is 1. The Balaban J connectivity index is 1.57. The van der Waals surface area contributed by atoms with E-state index in [0.717, 1.165) is 24.1 Å². The second-order valence-corrected chi connectivity index (χ2v) is 10.6. The van der Waals surface area contributed by atoms with Gasteiger partial charge in [-0.05, 0) is 67.3 Å². The van der Waals surface area contributed by atoms with Gasteiger partial charge in [0.2, 0.25) is 0 Å². The molecule has 6 nitrogen and oxygen atoms in total. The van der Waals surface area contributed by atoms with Gasteiger partial charge in [0.15, 0.2) is 0 Å². The largest absolute Gasteiger partial charge is 0.469 e. The predicted molar refractivity (Wildman–Crippen MR) is 136 cm³/mol. The molecule has 0 unspecified atom stereocenters. The van der Waals surface area contributed by atoms with Crippen molar-refractivity contribution in [2.45, 2.75) is 49.6 Å². The zero-order valence-corrected chi connectivity index (χ0v) is 21.1. The number of carbonyl (C=O) groups excluding carboxylic acids is 2. The van der Waals surface area contributed by atoms with Gasteiger partial charge in [-0.1, -0.05) is 12.1 Å². The Morgan fingerprint density at radius 3 is 2.71 bits per heavy atom. The lowest BCUT2D eigenvalue weighted by Gasteiger charge is -2.31. The van der Waals surface area contributed by atoms with Gasteiger partial charge in [-0.3, -0.25) is 4.79 Å². The van der Waals surface area contributed by atoms with Crippen LogP contribution in [0, 0.1) is 0 Å². The monoisotopic (exact) mass is 495 g/mol. The summed E-state index contributed by atoms with van der Waals surface area (Å²) in [5, 5.41) is 4.21. The average Bonchev–Trinajstić information content (AvgIpc) is 3.46. The standard InChI is InChI=1S/C26H29N3O3S2/c1-32-23(30)13-14-27-26(31)29-16-20-19-6-3-4-8-22(19)34-25(20)28-15-5-7-21(28)24(29)17-9-11-18(33-2)12-10-17/h5,7,9-12,15,24H,3-4,6,8,13-14,16H2,1-2H3,(H,27,31)/t24-/m1/s1. The fraction of sp³-hybridized carbons (Fsp3) is 0.385. The van der Waals surface area contributed by atoms with Crippen LogP contribution < -0.4 is 5.32 Å². The minimum atomic E-state index is -0.330. The van der Waals surface area contributed by atoms with Crippen molar-refractivity contribution in [2.75, 3.05) is 19.9 Å². The number of aryl methyl sites for hydroxylation is 1. The van der Waals surface area contributed by atoms with E-state index >= 15 is 0 Å². The molecule has 1 N–H and O–H groups in total. The molecule has 1 aliphatic heterocycles. The Morgan fingerprint density at radius 2 is 1.94 bits per heavy atom. The van der Waals surface area contributed by atoms with Gasteiger partial charge >= 0.3 is 12.0 Å². The molecule has 0 saturated carbocycles. The number of nitrogens with zero attached hydrogens (tertiary/aromatic N) is 2. The highest BCUT2D eigenvalue weighted by atomic mass is 32.2. The number of esters is 1. The van der Waals surface area contributed by atoms with E-state index in [1.54, 1.807) is 11.8 Å². The third-order valence-electron chi connectivity index (χ3n) is 6.70. The number of carbonyl (C=O) groups is 2. The minimum Gasteiger partial charge on any atom is -0.469 e. The maximum Gasteiger partial charge on any atom is 0.318 e. The van der Waals surface area contributed by atoms with Crippen molar-refractivity contribution >= 4 is 35.1 Å². The first kappa shape index (κ1) is 23.1. The van der Waals surface area contributed by atoms with Crippen LogP contribution >= 0.6 is 23.1 Å². The van der Waals surface area contributed by atoms with Crippen LogP contribution in [0.25, 0.3) is 5.00 Å². The third kappa shape index (κ3) is 4.25. The highest BCUT2D eigenvalue weighted by Crippen LogP contribution is 2.44. The van der Waals surface area contributed by atoms with Crippen molar-refractivity contribution in [3.8, 4) is 5.00 Å². The Bertz CT molecular complexity index is 1200. The SMILES string of the molecule is COC(=O)CCNC(=O)N1Cc2c(sc3c2CCCC3)-n2cccc2[C@H]1c1ccc(SC)cc1. The number of aromatic nitrogens is 1. The number of fused-ring (bicyclic) bond motifs is 5. The summed E-state index contributed by atoms with van der Waals surface area (Å²) in [5.41, 5.74) is 4.85. The Morgan fingerprint density at radius 1 is 1.15 bits per heavy atom. The van der Waals surface area contributed by atoms with Crippen LogP contribution in [-0.2, 0) is 28.9 Å². The van der Waals surface area contributed by atoms with Crippen molar-refractivity contribution < 1.29 is 14.3 Å². The van der Waals surface area contributed by atoms with Crippen LogP contribution in [0.1, 0.15) is 52.6 Å². The zero-order chi connectivity index (χ0) is 23.7. The topological polar surface area (TPSA) is 63.6 Å². The number of rotatable bonds is 5. The van der Waals surface area contributed by atoms with Crippen LogP contribution in [0.15, 0.2) is 47.5 Å². The fourth-order valence-electron chi connectivity index (χ4n) is 5.00. The normalized spacial score (nSPS) is 16.8. The molecule has 178 valence electrons. The fourth-order valence-corrected chi connectivity index (χ4v) is 6.81. The van der Waals surface area contributed by atoms with E-state index in [9.17, 15) is 9.59 Å². The highest BCUT2D eigenvalue weighted by Gasteiger charge is 2.36. The second kappa shape index (κ2) is 9.88. The van der Waals surface area contributed by atoms with Gasteiger partial charge in [0.25, 0.3) is 0 Å². The third-order valence-corrected chi connectivity index (χ3v) is 8.78. The molecular weight excluding hydrogens is 466 g/mol. The average molecular weight is 496 g/mol. The molecule has 34 heavy (non-hydrogen) atoms. The molecule has 2 amide bonds. The summed E-state index contributed by atoms with van der Waals surface area (Å²) in [5.74, 6) is -0.330. The van der Waals surface area contributed by atoms with Crippen LogP contribution in [0.2, 0.25) is 0 Å². The maximum atomic E-state index is 13.6. The van der Waals surface area contributed by atoms with Gasteiger partial charge in [-0.25, -0.2) is 4.79 Å². The summed E-state index contributed by atoms with van der Waals surface area (Å²) in [6.45, 7) is 0.789. The minimum absolute atomic E-state index is 0.151. The summed E-state index contributed by atoms with van der Waals surface area (Å²) in [6, 6.07) is 12.3. The van der Waals surface area contributed by atoms with Crippen LogP contribution in [-0.4, -0.2) is 41.4 Å². The first-order valence-electron chi connectivity index (χ1n) is 11.7. The highest BCUT2D eigenvalue weighted by molar-refractivity contribution is 7.98. The molecule has 0 saturated heterocycles. The molecule has 0 fully saturated rings. The summed E-state index contributed by atoms with van der Waals surface area (Å²) in [6.07, 6.45) is 8.95. The molecule has 0 spiro atoms. The number of urea groups is 1. The predicted octanol–water partition coefficient (Wildman–Crippen LogP) is 5.32. The van der Waals surface area contributed by atoms with Crippen LogP contribution in [0.3, 0.4) is 0 Å². The number of hydrogen-bond donors (Lipinski definition) is 1. The van der Waals surface area contributed by atoms with Crippen molar-refractivity contribution in [3.05, 3.63) is 69.9 Å². The molecule has 1 aromatic carbocycles. The van der Waals surface area contributed by atoms with Crippen molar-refractivity contribution in [1.82, 2.24) is 14.8 Å². The first-order chi connectivity index (χ1) is 16.6. The van der Waals surface area contributed by atoms with E-state index in [2.05, 4.69) is 58.7 Å². The van der Waals surface area contributed by atoms with E-state index in [1.165, 1.54) is 45.9 Å². The Labute approximate surface area is 208 Å². The van der Waals surface area contributed by atoms with Crippen molar-refractivity contribution in [3.63, 3.8) is 0 Å². The smallest absolute Gasteiger partial charge is 0.318 e. The Hall–Kier alpha value is -2.71. The molecule has 3 aromatic rings. The number of ether oxygens (including phenoxy) is 1. The van der Waals surface area contributed by atoms with Gasteiger partial charge in [-0.15, -0.1) is 23.1 Å². The molecule has 5 rings (SSSR count). The molecule has 1 aliphatic carbocycles. The van der Waals surface area contributed by atoms with Gasteiger partial charge in [0.05, 0.1) is 31.8 Å². The van der Waals surface area contributed by atoms with Crippen LogP contribution in [0.5, 0.6) is 0 Å². The zero-order valence-electron chi connectivity index (χ0n) is 19.5. The number of hydrogen-bond acceptors (Lipinski definition) is 5. The van der Waals surface area contributed by atoms with Crippen molar-refractivity contribution in [1.29, 1.82) is 0 Å². The number of nitrogens with one attached hydrogen (secondary N) is 1. The van der Waals surface area contributed by atoms with Gasteiger partial charge in [0, 0.05) is 28.1 Å². The van der Waals surface area contributed by atoms with Crippen LogP contribution in [0.4, 0.5) is 4.79 Å². The molecule has 0 bridgehead atoms.